The maximum atomic E-state index is 12.6. The van der Waals surface area contributed by atoms with Gasteiger partial charge in [-0.1, -0.05) is 26.0 Å². The zero-order chi connectivity index (χ0) is 16.2. The molecule has 2 N–H and O–H groups in total. The van der Waals surface area contributed by atoms with Crippen LogP contribution in [0.15, 0.2) is 24.3 Å². The van der Waals surface area contributed by atoms with E-state index in [1.54, 1.807) is 4.90 Å². The number of carbonyl (C=O) groups is 1. The second kappa shape index (κ2) is 10.2. The fourth-order valence-electron chi connectivity index (χ4n) is 3.00. The van der Waals surface area contributed by atoms with Crippen LogP contribution in [0.3, 0.4) is 0 Å². The number of nitrogens with zero attached hydrogens (tertiary/aromatic N) is 2. The Morgan fingerprint density at radius 1 is 1.25 bits per heavy atom. The molecule has 0 radical (unpaired) electrons. The second-order valence-corrected chi connectivity index (χ2v) is 7.21. The molecule has 0 atom stereocenters. The summed E-state index contributed by atoms with van der Waals surface area (Å²) in [4.78, 5) is 16.8. The number of rotatable bonds is 6. The first-order valence-electron chi connectivity index (χ1n) is 8.18. The van der Waals surface area contributed by atoms with Crippen molar-refractivity contribution >= 4 is 30.7 Å². The van der Waals surface area contributed by atoms with Crippen LogP contribution in [0.25, 0.3) is 0 Å². The van der Waals surface area contributed by atoms with Crippen LogP contribution in [0, 0.1) is 5.41 Å². The summed E-state index contributed by atoms with van der Waals surface area (Å²) in [6, 6.07) is 8.04. The molecule has 1 aliphatic rings. The van der Waals surface area contributed by atoms with Crippen molar-refractivity contribution in [2.24, 2.45) is 11.1 Å². The quantitative estimate of drug-likeness (QED) is 0.830. The maximum Gasteiger partial charge on any atom is 0.253 e. The Balaban J connectivity index is 0.00000264. The highest BCUT2D eigenvalue weighted by atomic mass is 35.5. The summed E-state index contributed by atoms with van der Waals surface area (Å²) in [5.41, 5.74) is 7.70. The highest BCUT2D eigenvalue weighted by Crippen LogP contribution is 2.17. The van der Waals surface area contributed by atoms with Gasteiger partial charge in [-0.3, -0.25) is 9.69 Å². The summed E-state index contributed by atoms with van der Waals surface area (Å²) in [5.74, 6) is 0.0739. The van der Waals surface area contributed by atoms with Crippen molar-refractivity contribution in [3.05, 3.63) is 35.4 Å². The van der Waals surface area contributed by atoms with Gasteiger partial charge in [-0.25, -0.2) is 0 Å². The topological polar surface area (TPSA) is 49.6 Å². The molecule has 0 saturated carbocycles. The van der Waals surface area contributed by atoms with Crippen LogP contribution in [0.2, 0.25) is 0 Å². The van der Waals surface area contributed by atoms with Gasteiger partial charge >= 0.3 is 0 Å². The van der Waals surface area contributed by atoms with E-state index in [0.29, 0.717) is 13.1 Å². The standard InChI is InChI=1S/C18H29N3O.2ClH/c1-18(2,13-19)14-20(3)17(22)16-8-6-7-15(11-16)12-21-9-4-5-10-21;;/h6-8,11H,4-5,9-10,12-14,19H2,1-3H3;2*1H. The molecule has 1 heterocycles. The molecule has 0 bridgehead atoms. The predicted octanol–water partition coefficient (Wildman–Crippen LogP) is 3.18. The Bertz CT molecular complexity index is 517. The maximum absolute atomic E-state index is 12.6. The lowest BCUT2D eigenvalue weighted by molar-refractivity contribution is 0.0740. The van der Waals surface area contributed by atoms with Crippen LogP contribution in [0.4, 0.5) is 0 Å². The number of hydrogen-bond acceptors (Lipinski definition) is 3. The van der Waals surface area contributed by atoms with Gasteiger partial charge in [0.15, 0.2) is 0 Å². The van der Waals surface area contributed by atoms with E-state index in [1.165, 1.54) is 31.5 Å². The van der Waals surface area contributed by atoms with Crippen LogP contribution in [-0.2, 0) is 6.54 Å². The second-order valence-electron chi connectivity index (χ2n) is 7.21. The molecule has 138 valence electrons. The van der Waals surface area contributed by atoms with Crippen molar-refractivity contribution in [1.82, 2.24) is 9.80 Å². The van der Waals surface area contributed by atoms with Crippen molar-refractivity contribution in [2.45, 2.75) is 33.2 Å². The van der Waals surface area contributed by atoms with Crippen molar-refractivity contribution in [2.75, 3.05) is 33.2 Å². The van der Waals surface area contributed by atoms with Crippen LogP contribution < -0.4 is 5.73 Å². The SMILES string of the molecule is CN(CC(C)(C)CN)C(=O)c1cccc(CN2CCCC2)c1.Cl.Cl. The van der Waals surface area contributed by atoms with Crippen LogP contribution in [0.5, 0.6) is 0 Å². The van der Waals surface area contributed by atoms with E-state index in [2.05, 4.69) is 24.8 Å². The predicted molar refractivity (Wildman–Crippen MR) is 105 cm³/mol. The van der Waals surface area contributed by atoms with Crippen LogP contribution in [-0.4, -0.2) is 48.9 Å². The highest BCUT2D eigenvalue weighted by Gasteiger charge is 2.22. The number of amides is 1. The lowest BCUT2D eigenvalue weighted by atomic mass is 9.93. The molecule has 24 heavy (non-hydrogen) atoms. The van der Waals surface area contributed by atoms with Crippen molar-refractivity contribution in [3.8, 4) is 0 Å². The van der Waals surface area contributed by atoms with Gasteiger partial charge in [0.25, 0.3) is 5.91 Å². The minimum Gasteiger partial charge on any atom is -0.341 e. The summed E-state index contributed by atoms with van der Waals surface area (Å²) in [6.45, 7) is 8.68. The number of carbonyl (C=O) groups excluding carboxylic acids is 1. The van der Waals surface area contributed by atoms with Gasteiger partial charge in [-0.15, -0.1) is 24.8 Å². The summed E-state index contributed by atoms with van der Waals surface area (Å²) >= 11 is 0. The fourth-order valence-corrected chi connectivity index (χ4v) is 3.00. The first-order valence-corrected chi connectivity index (χ1v) is 8.18. The number of benzene rings is 1. The van der Waals surface area contributed by atoms with Crippen LogP contribution >= 0.6 is 24.8 Å². The van der Waals surface area contributed by atoms with Crippen molar-refractivity contribution < 1.29 is 4.79 Å². The Kier molecular flexibility index (Phi) is 9.90. The molecule has 1 fully saturated rings. The van der Waals surface area contributed by atoms with E-state index in [9.17, 15) is 4.79 Å². The molecule has 0 aliphatic carbocycles. The highest BCUT2D eigenvalue weighted by molar-refractivity contribution is 5.94. The van der Waals surface area contributed by atoms with E-state index in [-0.39, 0.29) is 36.1 Å². The molecular formula is C18H31Cl2N3O. The van der Waals surface area contributed by atoms with Crippen molar-refractivity contribution in [3.63, 3.8) is 0 Å². The number of nitrogens with two attached hydrogens (primary N) is 1. The molecule has 1 aliphatic heterocycles. The zero-order valence-electron chi connectivity index (χ0n) is 15.0. The first-order chi connectivity index (χ1) is 10.4. The summed E-state index contributed by atoms with van der Waals surface area (Å²) < 4.78 is 0. The number of likely N-dealkylation sites (tertiary alicyclic amines) is 1. The van der Waals surface area contributed by atoms with E-state index in [0.717, 1.165) is 12.1 Å². The van der Waals surface area contributed by atoms with Crippen molar-refractivity contribution in [1.29, 1.82) is 0 Å². The Morgan fingerprint density at radius 3 is 2.46 bits per heavy atom. The van der Waals surface area contributed by atoms with E-state index < -0.39 is 0 Å². The number of hydrogen-bond donors (Lipinski definition) is 1. The third-order valence-electron chi connectivity index (χ3n) is 4.34. The third kappa shape index (κ3) is 6.60. The van der Waals surface area contributed by atoms with E-state index in [4.69, 9.17) is 5.73 Å². The van der Waals surface area contributed by atoms with Gasteiger partial charge in [0.05, 0.1) is 0 Å². The summed E-state index contributed by atoms with van der Waals surface area (Å²) in [7, 11) is 1.85. The van der Waals surface area contributed by atoms with E-state index in [1.807, 2.05) is 25.2 Å². The normalized spacial score (nSPS) is 14.7. The molecule has 0 spiro atoms. The molecule has 4 nitrogen and oxygen atoms in total. The average Bonchev–Trinajstić information content (AvgIpc) is 2.99. The Morgan fingerprint density at radius 2 is 1.88 bits per heavy atom. The summed E-state index contributed by atoms with van der Waals surface area (Å²) in [6.07, 6.45) is 2.57. The largest absolute Gasteiger partial charge is 0.341 e. The molecule has 1 saturated heterocycles. The molecule has 6 heteroatoms. The van der Waals surface area contributed by atoms with Gasteiger partial charge in [0.2, 0.25) is 0 Å². The zero-order valence-corrected chi connectivity index (χ0v) is 16.6. The molecule has 1 aromatic rings. The molecule has 1 aromatic carbocycles. The molecule has 2 rings (SSSR count). The van der Waals surface area contributed by atoms with Crippen LogP contribution in [0.1, 0.15) is 42.6 Å². The first kappa shape index (κ1) is 23.2. The molecular weight excluding hydrogens is 345 g/mol. The molecule has 1 amide bonds. The lowest BCUT2D eigenvalue weighted by Gasteiger charge is -2.29. The lowest BCUT2D eigenvalue weighted by Crippen LogP contribution is -2.39. The van der Waals surface area contributed by atoms with Gasteiger partial charge in [-0.05, 0) is 55.6 Å². The van der Waals surface area contributed by atoms with Gasteiger partial charge in [0.1, 0.15) is 0 Å². The smallest absolute Gasteiger partial charge is 0.253 e. The van der Waals surface area contributed by atoms with E-state index >= 15 is 0 Å². The van der Waals surface area contributed by atoms with Gasteiger partial charge in [-0.2, -0.15) is 0 Å². The summed E-state index contributed by atoms with van der Waals surface area (Å²) in [5, 5.41) is 0. The molecule has 0 unspecified atom stereocenters. The molecule has 0 aromatic heterocycles. The van der Waals surface area contributed by atoms with Gasteiger partial charge in [0, 0.05) is 25.7 Å². The van der Waals surface area contributed by atoms with Gasteiger partial charge < -0.3 is 10.6 Å². The average molecular weight is 376 g/mol. The Hall–Kier alpha value is -0.810. The minimum atomic E-state index is -0.0580. The fraction of sp³-hybridized carbons (Fsp3) is 0.611. The third-order valence-corrected chi connectivity index (χ3v) is 4.34. The monoisotopic (exact) mass is 375 g/mol. The number of halogens is 2. The Labute approximate surface area is 158 Å². The minimum absolute atomic E-state index is 0.